The maximum atomic E-state index is 12.7. The number of aliphatic imine (C=N–C) groups is 1. The van der Waals surface area contributed by atoms with Crippen molar-refractivity contribution in [1.82, 2.24) is 20.0 Å². The van der Waals surface area contributed by atoms with Gasteiger partial charge in [-0.05, 0) is 50.4 Å². The molecule has 0 spiro atoms. The monoisotopic (exact) mass is 358 g/mol. The molecule has 3 aliphatic rings. The van der Waals surface area contributed by atoms with Gasteiger partial charge in [0.15, 0.2) is 5.96 Å². The van der Waals surface area contributed by atoms with Crippen molar-refractivity contribution in [3.8, 4) is 0 Å². The fourth-order valence-electron chi connectivity index (χ4n) is 4.02. The van der Waals surface area contributed by atoms with E-state index in [4.69, 9.17) is 4.99 Å². The molecule has 0 bridgehead atoms. The summed E-state index contributed by atoms with van der Waals surface area (Å²) in [4.78, 5) is 21.5. The molecule has 4 rings (SSSR count). The van der Waals surface area contributed by atoms with Gasteiger partial charge in [0, 0.05) is 39.4 Å². The molecule has 1 amide bonds. The summed E-state index contributed by atoms with van der Waals surface area (Å²) < 4.78 is 1.73. The number of carbonyl (C=O) groups excluding carboxylic acids is 1. The standard InChI is InChI=1S/C19H30N6O/c1-3-20-19(21-11-17(14-4-5-14)15-6-7-15)24-8-9-25(18(26)13-24)16-10-22-23(2)12-16/h10,12,14-15,17H,3-9,11,13H2,1-2H3,(H,20,21). The van der Waals surface area contributed by atoms with Gasteiger partial charge in [-0.1, -0.05) is 0 Å². The van der Waals surface area contributed by atoms with Crippen LogP contribution in [0.2, 0.25) is 0 Å². The number of nitrogens with zero attached hydrogens (tertiary/aromatic N) is 5. The number of aryl methyl sites for hydroxylation is 1. The van der Waals surface area contributed by atoms with E-state index in [0.717, 1.165) is 49.0 Å². The summed E-state index contributed by atoms with van der Waals surface area (Å²) >= 11 is 0. The molecule has 7 nitrogen and oxygen atoms in total. The molecule has 2 heterocycles. The van der Waals surface area contributed by atoms with Crippen molar-refractivity contribution >= 4 is 17.6 Å². The molecule has 142 valence electrons. The van der Waals surface area contributed by atoms with Crippen LogP contribution < -0.4 is 10.2 Å². The van der Waals surface area contributed by atoms with E-state index in [1.165, 1.54) is 25.7 Å². The van der Waals surface area contributed by atoms with Crippen molar-refractivity contribution in [2.75, 3.05) is 37.6 Å². The molecular formula is C19H30N6O. The van der Waals surface area contributed by atoms with Crippen molar-refractivity contribution in [2.45, 2.75) is 32.6 Å². The first-order valence-electron chi connectivity index (χ1n) is 9.98. The van der Waals surface area contributed by atoms with Crippen molar-refractivity contribution < 1.29 is 4.79 Å². The number of rotatable bonds is 6. The minimum atomic E-state index is 0.107. The number of nitrogens with one attached hydrogen (secondary N) is 1. The van der Waals surface area contributed by atoms with Crippen LogP contribution >= 0.6 is 0 Å². The van der Waals surface area contributed by atoms with Gasteiger partial charge in [0.25, 0.3) is 0 Å². The fraction of sp³-hybridized carbons (Fsp3) is 0.737. The van der Waals surface area contributed by atoms with Crippen LogP contribution in [-0.4, -0.2) is 59.3 Å². The molecule has 1 aromatic rings. The fourth-order valence-corrected chi connectivity index (χ4v) is 4.02. The minimum absolute atomic E-state index is 0.107. The summed E-state index contributed by atoms with van der Waals surface area (Å²) in [6, 6.07) is 0. The van der Waals surface area contributed by atoms with Crippen molar-refractivity contribution in [2.24, 2.45) is 29.8 Å². The van der Waals surface area contributed by atoms with Gasteiger partial charge in [0.05, 0.1) is 11.9 Å². The Balaban J connectivity index is 1.40. The van der Waals surface area contributed by atoms with Crippen molar-refractivity contribution in [1.29, 1.82) is 0 Å². The predicted molar refractivity (Wildman–Crippen MR) is 102 cm³/mol. The summed E-state index contributed by atoms with van der Waals surface area (Å²) in [6.07, 6.45) is 9.18. The number of amides is 1. The highest BCUT2D eigenvalue weighted by Crippen LogP contribution is 2.49. The summed E-state index contributed by atoms with van der Waals surface area (Å²) in [7, 11) is 1.87. The van der Waals surface area contributed by atoms with Gasteiger partial charge in [-0.2, -0.15) is 5.10 Å². The molecule has 0 unspecified atom stereocenters. The number of hydrogen-bond acceptors (Lipinski definition) is 3. The van der Waals surface area contributed by atoms with Gasteiger partial charge in [-0.25, -0.2) is 0 Å². The molecule has 26 heavy (non-hydrogen) atoms. The largest absolute Gasteiger partial charge is 0.357 e. The maximum Gasteiger partial charge on any atom is 0.246 e. The van der Waals surface area contributed by atoms with E-state index in [0.29, 0.717) is 13.1 Å². The van der Waals surface area contributed by atoms with Crippen LogP contribution in [0.4, 0.5) is 5.69 Å². The second-order valence-corrected chi connectivity index (χ2v) is 7.87. The Hall–Kier alpha value is -2.05. The molecule has 2 saturated carbocycles. The lowest BCUT2D eigenvalue weighted by molar-refractivity contribution is -0.120. The van der Waals surface area contributed by atoms with Crippen LogP contribution in [0.3, 0.4) is 0 Å². The Kier molecular flexibility index (Phi) is 4.87. The number of carbonyl (C=O) groups is 1. The van der Waals surface area contributed by atoms with E-state index in [-0.39, 0.29) is 5.91 Å². The Morgan fingerprint density at radius 1 is 1.31 bits per heavy atom. The Bertz CT molecular complexity index is 663. The van der Waals surface area contributed by atoms with Gasteiger partial charge >= 0.3 is 0 Å². The molecule has 1 saturated heterocycles. The lowest BCUT2D eigenvalue weighted by Crippen LogP contribution is -2.55. The lowest BCUT2D eigenvalue weighted by atomic mass is 9.98. The zero-order chi connectivity index (χ0) is 18.1. The zero-order valence-corrected chi connectivity index (χ0v) is 15.9. The van der Waals surface area contributed by atoms with Gasteiger partial charge in [0.2, 0.25) is 5.91 Å². The third-order valence-corrected chi connectivity index (χ3v) is 5.76. The van der Waals surface area contributed by atoms with Crippen molar-refractivity contribution in [3.63, 3.8) is 0 Å². The average Bonchev–Trinajstić information content (AvgIpc) is 3.54. The van der Waals surface area contributed by atoms with Gasteiger partial charge in [-0.15, -0.1) is 0 Å². The molecule has 1 N–H and O–H groups in total. The highest BCUT2D eigenvalue weighted by atomic mass is 16.2. The van der Waals surface area contributed by atoms with E-state index < -0.39 is 0 Å². The zero-order valence-electron chi connectivity index (χ0n) is 15.9. The second kappa shape index (κ2) is 7.29. The molecule has 0 atom stereocenters. The predicted octanol–water partition coefficient (Wildman–Crippen LogP) is 1.47. The van der Waals surface area contributed by atoms with Crippen LogP contribution in [0.25, 0.3) is 0 Å². The first-order valence-corrected chi connectivity index (χ1v) is 9.98. The van der Waals surface area contributed by atoms with Crippen LogP contribution in [0.15, 0.2) is 17.4 Å². The minimum Gasteiger partial charge on any atom is -0.357 e. The van der Waals surface area contributed by atoms with Crippen LogP contribution in [0.1, 0.15) is 32.6 Å². The lowest BCUT2D eigenvalue weighted by Gasteiger charge is -2.35. The van der Waals surface area contributed by atoms with Crippen LogP contribution in [0, 0.1) is 17.8 Å². The third-order valence-electron chi connectivity index (χ3n) is 5.76. The van der Waals surface area contributed by atoms with Crippen LogP contribution in [0.5, 0.6) is 0 Å². The third kappa shape index (κ3) is 3.86. The summed E-state index contributed by atoms with van der Waals surface area (Å²) in [5, 5.41) is 7.57. The normalized spacial score (nSPS) is 21.7. The topological polar surface area (TPSA) is 65.8 Å². The van der Waals surface area contributed by atoms with E-state index in [1.54, 1.807) is 10.9 Å². The molecular weight excluding hydrogens is 328 g/mol. The SMILES string of the molecule is CCNC(=NCC(C1CC1)C1CC1)N1CCN(c2cnn(C)c2)C(=O)C1. The molecule has 0 aromatic carbocycles. The molecule has 2 aliphatic carbocycles. The first-order chi connectivity index (χ1) is 12.7. The van der Waals surface area contributed by atoms with Crippen LogP contribution in [-0.2, 0) is 11.8 Å². The molecule has 0 radical (unpaired) electrons. The number of hydrogen-bond donors (Lipinski definition) is 1. The Labute approximate surface area is 155 Å². The molecule has 1 aliphatic heterocycles. The number of anilines is 1. The summed E-state index contributed by atoms with van der Waals surface area (Å²) in [5.41, 5.74) is 0.877. The molecule has 7 heteroatoms. The van der Waals surface area contributed by atoms with Gasteiger partial charge in [-0.3, -0.25) is 14.5 Å². The number of aromatic nitrogens is 2. The first kappa shape index (κ1) is 17.4. The van der Waals surface area contributed by atoms with E-state index in [1.807, 2.05) is 18.1 Å². The number of piperazine rings is 1. The molecule has 3 fully saturated rings. The Morgan fingerprint density at radius 3 is 2.58 bits per heavy atom. The van der Waals surface area contributed by atoms with E-state index in [9.17, 15) is 4.79 Å². The molecule has 1 aromatic heterocycles. The second-order valence-electron chi connectivity index (χ2n) is 7.87. The van der Waals surface area contributed by atoms with Crippen molar-refractivity contribution in [3.05, 3.63) is 12.4 Å². The number of guanidine groups is 1. The van der Waals surface area contributed by atoms with Gasteiger partial charge in [0.1, 0.15) is 6.54 Å². The average molecular weight is 358 g/mol. The highest BCUT2D eigenvalue weighted by Gasteiger charge is 2.41. The van der Waals surface area contributed by atoms with E-state index >= 15 is 0 Å². The summed E-state index contributed by atoms with van der Waals surface area (Å²) in [6.45, 7) is 5.66. The Morgan fingerprint density at radius 2 is 2.04 bits per heavy atom. The quantitative estimate of drug-likeness (QED) is 0.618. The maximum absolute atomic E-state index is 12.7. The smallest absolute Gasteiger partial charge is 0.246 e. The van der Waals surface area contributed by atoms with E-state index in [2.05, 4.69) is 22.2 Å². The highest BCUT2D eigenvalue weighted by molar-refractivity contribution is 5.98. The van der Waals surface area contributed by atoms with Gasteiger partial charge < -0.3 is 15.1 Å². The summed E-state index contributed by atoms with van der Waals surface area (Å²) in [5.74, 6) is 3.57.